The number of aryl methyl sites for hydroxylation is 1. The fourth-order valence-electron chi connectivity index (χ4n) is 2.18. The SMILES string of the molecule is COc1ccc(OC)c(CCC(C(C)=O)C(=O)OC(C)C)c1. The Hall–Kier alpha value is -2.04. The van der Waals surface area contributed by atoms with Crippen molar-refractivity contribution in [2.75, 3.05) is 14.2 Å². The summed E-state index contributed by atoms with van der Waals surface area (Å²) in [6.45, 7) is 4.94. The van der Waals surface area contributed by atoms with Crippen LogP contribution in [0.5, 0.6) is 11.5 Å². The van der Waals surface area contributed by atoms with E-state index in [4.69, 9.17) is 14.2 Å². The molecule has 0 spiro atoms. The van der Waals surface area contributed by atoms with Gasteiger partial charge in [-0.3, -0.25) is 9.59 Å². The van der Waals surface area contributed by atoms with Crippen LogP contribution < -0.4 is 9.47 Å². The lowest BCUT2D eigenvalue weighted by molar-refractivity contribution is -0.155. The minimum atomic E-state index is -0.752. The molecule has 1 unspecified atom stereocenters. The Morgan fingerprint density at radius 1 is 1.14 bits per heavy atom. The van der Waals surface area contributed by atoms with Crippen LogP contribution in [-0.2, 0) is 20.7 Å². The molecule has 0 saturated carbocycles. The second-order valence-corrected chi connectivity index (χ2v) is 5.37. The van der Waals surface area contributed by atoms with Crippen LogP contribution in [0.3, 0.4) is 0 Å². The lowest BCUT2D eigenvalue weighted by Gasteiger charge is -2.16. The topological polar surface area (TPSA) is 61.8 Å². The quantitative estimate of drug-likeness (QED) is 0.546. The zero-order valence-corrected chi connectivity index (χ0v) is 13.8. The molecule has 0 saturated heterocycles. The second-order valence-electron chi connectivity index (χ2n) is 5.37. The third-order valence-corrected chi connectivity index (χ3v) is 3.32. The minimum absolute atomic E-state index is 0.187. The summed E-state index contributed by atoms with van der Waals surface area (Å²) in [6.07, 6.45) is 0.670. The largest absolute Gasteiger partial charge is 0.497 e. The highest BCUT2D eigenvalue weighted by Gasteiger charge is 2.26. The zero-order valence-electron chi connectivity index (χ0n) is 13.8. The van der Waals surface area contributed by atoms with Crippen LogP contribution in [0.1, 0.15) is 32.8 Å². The highest BCUT2D eigenvalue weighted by molar-refractivity contribution is 5.97. The molecule has 0 aliphatic rings. The summed E-state index contributed by atoms with van der Waals surface area (Å²) >= 11 is 0. The van der Waals surface area contributed by atoms with Gasteiger partial charge in [0, 0.05) is 0 Å². The van der Waals surface area contributed by atoms with E-state index in [1.165, 1.54) is 6.92 Å². The van der Waals surface area contributed by atoms with Crippen LogP contribution in [0.25, 0.3) is 0 Å². The van der Waals surface area contributed by atoms with Crippen molar-refractivity contribution in [2.45, 2.75) is 39.7 Å². The van der Waals surface area contributed by atoms with Crippen LogP contribution >= 0.6 is 0 Å². The van der Waals surface area contributed by atoms with Gasteiger partial charge in [0.05, 0.1) is 20.3 Å². The van der Waals surface area contributed by atoms with Gasteiger partial charge in [-0.2, -0.15) is 0 Å². The Balaban J connectivity index is 2.84. The minimum Gasteiger partial charge on any atom is -0.497 e. The maximum atomic E-state index is 12.0. The van der Waals surface area contributed by atoms with Crippen molar-refractivity contribution in [1.82, 2.24) is 0 Å². The van der Waals surface area contributed by atoms with Gasteiger partial charge in [0.15, 0.2) is 0 Å². The molecule has 0 heterocycles. The van der Waals surface area contributed by atoms with E-state index in [0.29, 0.717) is 24.3 Å². The number of carbonyl (C=O) groups is 2. The first-order valence-corrected chi connectivity index (χ1v) is 7.30. The van der Waals surface area contributed by atoms with Gasteiger partial charge in [0.25, 0.3) is 0 Å². The summed E-state index contributed by atoms with van der Waals surface area (Å²) in [5.74, 6) is 0.00967. The van der Waals surface area contributed by atoms with Crippen LogP contribution in [0.2, 0.25) is 0 Å². The molecule has 122 valence electrons. The van der Waals surface area contributed by atoms with Gasteiger partial charge in [-0.15, -0.1) is 0 Å². The maximum Gasteiger partial charge on any atom is 0.316 e. The number of hydrogen-bond acceptors (Lipinski definition) is 5. The van der Waals surface area contributed by atoms with Crippen molar-refractivity contribution in [3.05, 3.63) is 23.8 Å². The first kappa shape index (κ1) is 18.0. The molecule has 1 aromatic rings. The highest BCUT2D eigenvalue weighted by Crippen LogP contribution is 2.26. The van der Waals surface area contributed by atoms with Crippen molar-refractivity contribution >= 4 is 11.8 Å². The Labute approximate surface area is 131 Å². The third-order valence-electron chi connectivity index (χ3n) is 3.32. The number of rotatable bonds is 8. The molecule has 1 rings (SSSR count). The number of benzene rings is 1. The number of methoxy groups -OCH3 is 2. The van der Waals surface area contributed by atoms with Gasteiger partial charge < -0.3 is 14.2 Å². The fraction of sp³-hybridized carbons (Fsp3) is 0.529. The Kier molecular flexibility index (Phi) is 6.89. The van der Waals surface area contributed by atoms with E-state index in [0.717, 1.165) is 5.56 Å². The standard InChI is InChI=1S/C17H24O5/c1-11(2)22-17(19)15(12(3)18)8-6-13-10-14(20-4)7-9-16(13)21-5/h7,9-11,15H,6,8H2,1-5H3. The van der Waals surface area contributed by atoms with E-state index in [9.17, 15) is 9.59 Å². The molecule has 5 nitrogen and oxygen atoms in total. The smallest absolute Gasteiger partial charge is 0.316 e. The van der Waals surface area contributed by atoms with Crippen LogP contribution in [0, 0.1) is 5.92 Å². The average Bonchev–Trinajstić information content (AvgIpc) is 2.46. The van der Waals surface area contributed by atoms with E-state index < -0.39 is 11.9 Å². The normalized spacial score (nSPS) is 11.9. The summed E-state index contributed by atoms with van der Waals surface area (Å²) in [4.78, 5) is 23.7. The van der Waals surface area contributed by atoms with Gasteiger partial charge in [-0.25, -0.2) is 0 Å². The van der Waals surface area contributed by atoms with E-state index in [1.54, 1.807) is 34.1 Å². The molecular formula is C17H24O5. The number of Topliss-reactive ketones (excluding diaryl/α,β-unsaturated/α-hetero) is 1. The Morgan fingerprint density at radius 2 is 1.82 bits per heavy atom. The molecule has 0 N–H and O–H groups in total. The number of ether oxygens (including phenoxy) is 3. The summed E-state index contributed by atoms with van der Waals surface area (Å²) in [5, 5.41) is 0. The molecule has 5 heteroatoms. The molecule has 0 amide bonds. The second kappa shape index (κ2) is 8.41. The number of carbonyl (C=O) groups excluding carboxylic acids is 2. The van der Waals surface area contributed by atoms with Crippen molar-refractivity contribution in [2.24, 2.45) is 5.92 Å². The molecule has 0 aliphatic heterocycles. The Bertz CT molecular complexity index is 522. The van der Waals surface area contributed by atoms with Crippen molar-refractivity contribution in [3.63, 3.8) is 0 Å². The first-order chi connectivity index (χ1) is 10.4. The van der Waals surface area contributed by atoms with Gasteiger partial charge in [0.1, 0.15) is 23.2 Å². The monoisotopic (exact) mass is 308 g/mol. The van der Waals surface area contributed by atoms with Crippen LogP contribution in [0.4, 0.5) is 0 Å². The molecule has 1 atom stereocenters. The predicted molar refractivity (Wildman–Crippen MR) is 83.3 cm³/mol. The molecule has 1 aromatic carbocycles. The van der Waals surface area contributed by atoms with E-state index in [1.807, 2.05) is 12.1 Å². The summed E-state index contributed by atoms with van der Waals surface area (Å²) < 4.78 is 15.6. The van der Waals surface area contributed by atoms with Gasteiger partial charge in [-0.05, 0) is 57.4 Å². The molecule has 0 aliphatic carbocycles. The average molecular weight is 308 g/mol. The lowest BCUT2D eigenvalue weighted by atomic mass is 9.95. The number of hydrogen-bond donors (Lipinski definition) is 0. The van der Waals surface area contributed by atoms with Crippen LogP contribution in [0.15, 0.2) is 18.2 Å². The van der Waals surface area contributed by atoms with E-state index in [-0.39, 0.29) is 11.9 Å². The maximum absolute atomic E-state index is 12.0. The number of ketones is 1. The van der Waals surface area contributed by atoms with Gasteiger partial charge in [0.2, 0.25) is 0 Å². The summed E-state index contributed by atoms with van der Waals surface area (Å²) in [5.41, 5.74) is 0.894. The van der Waals surface area contributed by atoms with Crippen LogP contribution in [-0.4, -0.2) is 32.1 Å². The fourth-order valence-corrected chi connectivity index (χ4v) is 2.18. The van der Waals surface area contributed by atoms with Gasteiger partial charge in [-0.1, -0.05) is 0 Å². The van der Waals surface area contributed by atoms with Crippen molar-refractivity contribution < 1.29 is 23.8 Å². The summed E-state index contributed by atoms with van der Waals surface area (Å²) in [7, 11) is 3.17. The lowest BCUT2D eigenvalue weighted by Crippen LogP contribution is -2.27. The first-order valence-electron chi connectivity index (χ1n) is 7.30. The molecule has 0 bridgehead atoms. The molecule has 0 aromatic heterocycles. The molecule has 0 fully saturated rings. The molecule has 0 radical (unpaired) electrons. The zero-order chi connectivity index (χ0) is 16.7. The highest BCUT2D eigenvalue weighted by atomic mass is 16.5. The number of esters is 1. The molecular weight excluding hydrogens is 284 g/mol. The summed E-state index contributed by atoms with van der Waals surface area (Å²) in [6, 6.07) is 5.46. The van der Waals surface area contributed by atoms with E-state index >= 15 is 0 Å². The molecule has 22 heavy (non-hydrogen) atoms. The van der Waals surface area contributed by atoms with Crippen molar-refractivity contribution in [3.8, 4) is 11.5 Å². The Morgan fingerprint density at radius 3 is 2.32 bits per heavy atom. The van der Waals surface area contributed by atoms with Crippen molar-refractivity contribution in [1.29, 1.82) is 0 Å². The van der Waals surface area contributed by atoms with E-state index in [2.05, 4.69) is 0 Å². The van der Waals surface area contributed by atoms with Gasteiger partial charge >= 0.3 is 5.97 Å². The predicted octanol–water partition coefficient (Wildman–Crippen LogP) is 2.79. The third kappa shape index (κ3) is 5.06.